The van der Waals surface area contributed by atoms with E-state index in [0.717, 1.165) is 0 Å². The van der Waals surface area contributed by atoms with Crippen molar-refractivity contribution < 1.29 is 14.9 Å². The number of nitrogens with two attached hydrogens (primary N) is 1. The summed E-state index contributed by atoms with van der Waals surface area (Å²) in [5.74, 6) is -0.00667. The Balaban J connectivity index is 2.52. The van der Waals surface area contributed by atoms with Crippen LogP contribution in [0.1, 0.15) is 6.92 Å². The largest absolute Gasteiger partial charge is 0.390 e. The van der Waals surface area contributed by atoms with Gasteiger partial charge >= 0.3 is 0 Å². The molecule has 1 aliphatic heterocycles. The van der Waals surface area contributed by atoms with Gasteiger partial charge in [0, 0.05) is 12.5 Å². The molecule has 2 unspecified atom stereocenters. The van der Waals surface area contributed by atoms with Gasteiger partial charge in [-0.25, -0.2) is 0 Å². The molecular weight excluding hydrogens is 146 g/mol. The number of rotatable bonds is 1. The highest BCUT2D eigenvalue weighted by molar-refractivity contribution is 4.84. The molecule has 1 aliphatic rings. The van der Waals surface area contributed by atoms with Gasteiger partial charge in [-0.05, 0) is 0 Å². The third-order valence-electron chi connectivity index (χ3n) is 2.12. The SMILES string of the molecule is C[C@@H]1COC(CN)[C@H](O)C1O. The van der Waals surface area contributed by atoms with Crippen molar-refractivity contribution in [3.8, 4) is 0 Å². The molecule has 0 bridgehead atoms. The van der Waals surface area contributed by atoms with E-state index in [0.29, 0.717) is 6.61 Å². The predicted octanol–water partition coefficient (Wildman–Crippen LogP) is -1.30. The van der Waals surface area contributed by atoms with Crippen LogP contribution in [0.15, 0.2) is 0 Å². The minimum atomic E-state index is -0.830. The molecule has 11 heavy (non-hydrogen) atoms. The summed E-state index contributed by atoms with van der Waals surface area (Å²) in [6.45, 7) is 2.56. The van der Waals surface area contributed by atoms with Gasteiger partial charge < -0.3 is 20.7 Å². The molecule has 0 spiro atoms. The van der Waals surface area contributed by atoms with Gasteiger partial charge in [-0.1, -0.05) is 6.92 Å². The fraction of sp³-hybridized carbons (Fsp3) is 1.00. The van der Waals surface area contributed by atoms with Crippen LogP contribution in [-0.4, -0.2) is 41.7 Å². The molecule has 1 fully saturated rings. The highest BCUT2D eigenvalue weighted by Gasteiger charge is 2.34. The number of hydrogen-bond donors (Lipinski definition) is 3. The van der Waals surface area contributed by atoms with E-state index in [-0.39, 0.29) is 12.5 Å². The lowest BCUT2D eigenvalue weighted by Crippen LogP contribution is -2.51. The first-order chi connectivity index (χ1) is 5.16. The average molecular weight is 161 g/mol. The van der Waals surface area contributed by atoms with E-state index in [1.807, 2.05) is 6.92 Å². The number of aliphatic hydroxyl groups is 2. The molecule has 0 saturated carbocycles. The molecule has 0 aromatic carbocycles. The van der Waals surface area contributed by atoms with Crippen LogP contribution in [0.2, 0.25) is 0 Å². The maximum atomic E-state index is 9.36. The first-order valence-electron chi connectivity index (χ1n) is 3.84. The summed E-state index contributed by atoms with van der Waals surface area (Å²) in [4.78, 5) is 0. The zero-order valence-corrected chi connectivity index (χ0v) is 6.60. The zero-order chi connectivity index (χ0) is 8.43. The minimum Gasteiger partial charge on any atom is -0.390 e. The van der Waals surface area contributed by atoms with Gasteiger partial charge in [0.1, 0.15) is 6.10 Å². The standard InChI is InChI=1S/C7H15NO3/c1-4-3-11-5(2-8)7(10)6(4)9/h4-7,9-10H,2-3,8H2,1H3/t4-,5?,6?,7+/m1/s1. The molecular formula is C7H15NO3. The molecule has 0 radical (unpaired) electrons. The van der Waals surface area contributed by atoms with Crippen LogP contribution in [0.5, 0.6) is 0 Å². The van der Waals surface area contributed by atoms with Crippen molar-refractivity contribution in [2.24, 2.45) is 11.7 Å². The molecule has 1 rings (SSSR count). The van der Waals surface area contributed by atoms with Crippen molar-refractivity contribution in [1.82, 2.24) is 0 Å². The first-order valence-corrected chi connectivity index (χ1v) is 3.84. The maximum absolute atomic E-state index is 9.36. The highest BCUT2D eigenvalue weighted by Crippen LogP contribution is 2.18. The van der Waals surface area contributed by atoms with Crippen LogP contribution in [0.25, 0.3) is 0 Å². The van der Waals surface area contributed by atoms with Crippen LogP contribution in [-0.2, 0) is 4.74 Å². The van der Waals surface area contributed by atoms with Crippen LogP contribution < -0.4 is 5.73 Å². The summed E-state index contributed by atoms with van der Waals surface area (Å²) in [6.07, 6.45) is -1.93. The molecule has 0 amide bonds. The number of ether oxygens (including phenoxy) is 1. The molecule has 4 atom stereocenters. The Hall–Kier alpha value is -0.160. The lowest BCUT2D eigenvalue weighted by Gasteiger charge is -2.35. The van der Waals surface area contributed by atoms with Gasteiger partial charge in [-0.3, -0.25) is 0 Å². The Kier molecular flexibility index (Phi) is 2.84. The fourth-order valence-corrected chi connectivity index (χ4v) is 1.24. The van der Waals surface area contributed by atoms with Gasteiger partial charge in [0.2, 0.25) is 0 Å². The monoisotopic (exact) mass is 161 g/mol. The normalized spacial score (nSPS) is 45.8. The summed E-state index contributed by atoms with van der Waals surface area (Å²) < 4.78 is 5.19. The Morgan fingerprint density at radius 2 is 2.09 bits per heavy atom. The van der Waals surface area contributed by atoms with Crippen molar-refractivity contribution in [2.45, 2.75) is 25.2 Å². The quantitative estimate of drug-likeness (QED) is 0.447. The van der Waals surface area contributed by atoms with Crippen molar-refractivity contribution in [3.63, 3.8) is 0 Å². The van der Waals surface area contributed by atoms with E-state index in [1.54, 1.807) is 0 Å². The smallest absolute Gasteiger partial charge is 0.108 e. The van der Waals surface area contributed by atoms with Gasteiger partial charge in [0.15, 0.2) is 0 Å². The Bertz CT molecular complexity index is 129. The van der Waals surface area contributed by atoms with E-state index in [9.17, 15) is 10.2 Å². The molecule has 0 aliphatic carbocycles. The number of hydrogen-bond acceptors (Lipinski definition) is 4. The lowest BCUT2D eigenvalue weighted by atomic mass is 9.94. The maximum Gasteiger partial charge on any atom is 0.108 e. The lowest BCUT2D eigenvalue weighted by molar-refractivity contribution is -0.156. The van der Waals surface area contributed by atoms with Gasteiger partial charge in [-0.15, -0.1) is 0 Å². The molecule has 1 heterocycles. The van der Waals surface area contributed by atoms with E-state index < -0.39 is 18.3 Å². The summed E-state index contributed by atoms with van der Waals surface area (Å²) >= 11 is 0. The first kappa shape index (κ1) is 8.93. The zero-order valence-electron chi connectivity index (χ0n) is 6.60. The van der Waals surface area contributed by atoms with Gasteiger partial charge in [-0.2, -0.15) is 0 Å². The fourth-order valence-electron chi connectivity index (χ4n) is 1.24. The van der Waals surface area contributed by atoms with Crippen LogP contribution in [0.4, 0.5) is 0 Å². The van der Waals surface area contributed by atoms with Crippen molar-refractivity contribution in [3.05, 3.63) is 0 Å². The van der Waals surface area contributed by atoms with E-state index in [1.165, 1.54) is 0 Å². The Morgan fingerprint density at radius 3 is 2.64 bits per heavy atom. The Morgan fingerprint density at radius 1 is 1.45 bits per heavy atom. The molecule has 0 aromatic heterocycles. The Labute approximate surface area is 66.0 Å². The van der Waals surface area contributed by atoms with E-state index >= 15 is 0 Å². The van der Waals surface area contributed by atoms with E-state index in [2.05, 4.69) is 0 Å². The average Bonchev–Trinajstić information content (AvgIpc) is 2.01. The van der Waals surface area contributed by atoms with Crippen molar-refractivity contribution in [1.29, 1.82) is 0 Å². The molecule has 4 nitrogen and oxygen atoms in total. The second-order valence-electron chi connectivity index (χ2n) is 3.07. The van der Waals surface area contributed by atoms with Gasteiger partial charge in [0.25, 0.3) is 0 Å². The molecule has 1 saturated heterocycles. The third kappa shape index (κ3) is 1.70. The van der Waals surface area contributed by atoms with Crippen molar-refractivity contribution in [2.75, 3.05) is 13.2 Å². The van der Waals surface area contributed by atoms with Crippen LogP contribution in [0.3, 0.4) is 0 Å². The second-order valence-corrected chi connectivity index (χ2v) is 3.07. The predicted molar refractivity (Wildman–Crippen MR) is 40.0 cm³/mol. The van der Waals surface area contributed by atoms with Gasteiger partial charge in [0.05, 0.1) is 18.8 Å². The minimum absolute atomic E-state index is 0.00667. The van der Waals surface area contributed by atoms with Crippen LogP contribution in [0, 0.1) is 5.92 Å². The topological polar surface area (TPSA) is 75.7 Å². The molecule has 0 aromatic rings. The summed E-state index contributed by atoms with van der Waals surface area (Å²) in [5.41, 5.74) is 5.31. The summed E-state index contributed by atoms with van der Waals surface area (Å²) in [6, 6.07) is 0. The highest BCUT2D eigenvalue weighted by atomic mass is 16.5. The van der Waals surface area contributed by atoms with Crippen LogP contribution >= 0.6 is 0 Å². The molecule has 4 N–H and O–H groups in total. The summed E-state index contributed by atoms with van der Waals surface area (Å²) in [7, 11) is 0. The van der Waals surface area contributed by atoms with E-state index in [4.69, 9.17) is 10.5 Å². The third-order valence-corrected chi connectivity index (χ3v) is 2.12. The molecule has 66 valence electrons. The second kappa shape index (κ2) is 3.49. The number of aliphatic hydroxyl groups excluding tert-OH is 2. The van der Waals surface area contributed by atoms with Crippen molar-refractivity contribution >= 4 is 0 Å². The summed E-state index contributed by atoms with van der Waals surface area (Å²) in [5, 5.41) is 18.7. The molecule has 4 heteroatoms.